The fourth-order valence-corrected chi connectivity index (χ4v) is 2.20. The lowest BCUT2D eigenvalue weighted by molar-refractivity contribution is -0.119. The van der Waals surface area contributed by atoms with Crippen molar-refractivity contribution in [2.75, 3.05) is 19.5 Å². The highest BCUT2D eigenvalue weighted by atomic mass is 35.5. The summed E-state index contributed by atoms with van der Waals surface area (Å²) in [6.07, 6.45) is 5.07. The molecule has 0 spiro atoms. The lowest BCUT2D eigenvalue weighted by atomic mass is 10.1. The van der Waals surface area contributed by atoms with E-state index >= 15 is 0 Å². The maximum Gasteiger partial charge on any atom is 0.323 e. The van der Waals surface area contributed by atoms with Crippen LogP contribution in [0.15, 0.2) is 0 Å². The van der Waals surface area contributed by atoms with Gasteiger partial charge in [0.2, 0.25) is 5.91 Å². The number of carbonyl (C=O) groups is 2. The molecule has 4 nitrogen and oxygen atoms in total. The van der Waals surface area contributed by atoms with Gasteiger partial charge in [-0.1, -0.05) is 12.8 Å². The number of halogens is 1. The Morgan fingerprint density at radius 1 is 1.38 bits per heavy atom. The maximum atomic E-state index is 11.6. The fraction of sp³-hybridized carbons (Fsp3) is 0.818. The summed E-state index contributed by atoms with van der Waals surface area (Å²) in [4.78, 5) is 24.3. The van der Waals surface area contributed by atoms with Crippen LogP contribution in [0.3, 0.4) is 0 Å². The van der Waals surface area contributed by atoms with Gasteiger partial charge >= 0.3 is 6.03 Å². The molecule has 0 aromatic rings. The first kappa shape index (κ1) is 13.3. The van der Waals surface area contributed by atoms with Gasteiger partial charge in [-0.3, -0.25) is 10.1 Å². The first-order chi connectivity index (χ1) is 7.63. The van der Waals surface area contributed by atoms with Gasteiger partial charge in [0, 0.05) is 25.9 Å². The smallest absolute Gasteiger partial charge is 0.323 e. The normalized spacial score (nSPS) is 16.1. The summed E-state index contributed by atoms with van der Waals surface area (Å²) >= 11 is 5.41. The van der Waals surface area contributed by atoms with E-state index in [1.54, 1.807) is 11.9 Å². The predicted molar refractivity (Wildman–Crippen MR) is 63.5 cm³/mol. The van der Waals surface area contributed by atoms with Gasteiger partial charge in [0.25, 0.3) is 0 Å². The number of nitrogens with zero attached hydrogens (tertiary/aromatic N) is 1. The molecular weight excluding hydrogens is 228 g/mol. The van der Waals surface area contributed by atoms with Crippen LogP contribution < -0.4 is 5.32 Å². The van der Waals surface area contributed by atoms with Gasteiger partial charge in [-0.25, -0.2) is 4.79 Å². The first-order valence-corrected chi connectivity index (χ1v) is 6.28. The van der Waals surface area contributed by atoms with Gasteiger partial charge in [-0.05, 0) is 18.8 Å². The minimum atomic E-state index is -0.318. The van der Waals surface area contributed by atoms with Crippen LogP contribution in [0.2, 0.25) is 0 Å². The number of imide groups is 1. The molecule has 5 heteroatoms. The van der Waals surface area contributed by atoms with Crippen LogP contribution in [0.1, 0.15) is 32.1 Å². The van der Waals surface area contributed by atoms with Crippen LogP contribution in [-0.4, -0.2) is 36.3 Å². The Kier molecular flexibility index (Phi) is 5.60. The average molecular weight is 247 g/mol. The van der Waals surface area contributed by atoms with E-state index in [1.807, 2.05) is 0 Å². The minimum Gasteiger partial charge on any atom is -0.327 e. The highest BCUT2D eigenvalue weighted by Gasteiger charge is 2.20. The molecule has 1 aliphatic rings. The summed E-state index contributed by atoms with van der Waals surface area (Å²) in [5, 5.41) is 2.32. The fourth-order valence-electron chi connectivity index (χ4n) is 2.03. The Hall–Kier alpha value is -0.770. The van der Waals surface area contributed by atoms with Crippen LogP contribution in [0.5, 0.6) is 0 Å². The molecule has 0 atom stereocenters. The van der Waals surface area contributed by atoms with E-state index in [-0.39, 0.29) is 24.2 Å². The van der Waals surface area contributed by atoms with E-state index in [9.17, 15) is 9.59 Å². The lowest BCUT2D eigenvalue weighted by Crippen LogP contribution is -2.42. The molecule has 92 valence electrons. The summed E-state index contributed by atoms with van der Waals surface area (Å²) in [7, 11) is 1.72. The molecule has 1 saturated carbocycles. The Bertz CT molecular complexity index is 252. The van der Waals surface area contributed by atoms with E-state index < -0.39 is 0 Å². The second-order valence-electron chi connectivity index (χ2n) is 4.32. The molecule has 1 fully saturated rings. The van der Waals surface area contributed by atoms with Gasteiger partial charge in [0.15, 0.2) is 0 Å². The summed E-state index contributed by atoms with van der Waals surface area (Å²) < 4.78 is 0. The van der Waals surface area contributed by atoms with Gasteiger partial charge in [-0.15, -0.1) is 11.6 Å². The molecule has 16 heavy (non-hydrogen) atoms. The van der Waals surface area contributed by atoms with Crippen molar-refractivity contribution < 1.29 is 9.59 Å². The lowest BCUT2D eigenvalue weighted by Gasteiger charge is -2.20. The molecular formula is C11H19ClN2O2. The zero-order chi connectivity index (χ0) is 12.0. The molecule has 0 bridgehead atoms. The van der Waals surface area contributed by atoms with Gasteiger partial charge in [-0.2, -0.15) is 0 Å². The molecule has 1 N–H and O–H groups in total. The quantitative estimate of drug-likeness (QED) is 0.771. The number of carbonyl (C=O) groups excluding carboxylic acids is 2. The first-order valence-electron chi connectivity index (χ1n) is 5.74. The van der Waals surface area contributed by atoms with Crippen molar-refractivity contribution >= 4 is 23.5 Å². The number of hydrogen-bond donors (Lipinski definition) is 1. The van der Waals surface area contributed by atoms with E-state index in [4.69, 9.17) is 11.6 Å². The SMILES string of the molecule is CN(CC1CCCC1)C(=O)NC(=O)CCCl. The number of hydrogen-bond acceptors (Lipinski definition) is 2. The number of amides is 3. The van der Waals surface area contributed by atoms with E-state index in [1.165, 1.54) is 25.7 Å². The third-order valence-electron chi connectivity index (χ3n) is 2.92. The van der Waals surface area contributed by atoms with Crippen molar-refractivity contribution in [3.8, 4) is 0 Å². The largest absolute Gasteiger partial charge is 0.327 e. The summed E-state index contributed by atoms with van der Waals surface area (Å²) in [6, 6.07) is -0.318. The number of alkyl halides is 1. The van der Waals surface area contributed by atoms with Crippen molar-refractivity contribution in [3.63, 3.8) is 0 Å². The Labute approximate surface area is 101 Å². The van der Waals surface area contributed by atoms with E-state index in [0.29, 0.717) is 5.92 Å². The average Bonchev–Trinajstić information content (AvgIpc) is 2.70. The Morgan fingerprint density at radius 3 is 2.56 bits per heavy atom. The molecule has 0 aliphatic heterocycles. The van der Waals surface area contributed by atoms with Crippen LogP contribution in [0.25, 0.3) is 0 Å². The second kappa shape index (κ2) is 6.74. The zero-order valence-corrected chi connectivity index (χ0v) is 10.4. The molecule has 1 rings (SSSR count). The molecule has 0 unspecified atom stereocenters. The highest BCUT2D eigenvalue weighted by Crippen LogP contribution is 2.25. The third kappa shape index (κ3) is 4.39. The standard InChI is InChI=1S/C11H19ClN2O2/c1-14(8-9-4-2-3-5-9)11(16)13-10(15)6-7-12/h9H,2-8H2,1H3,(H,13,15,16). The molecule has 3 amide bonds. The molecule has 1 aliphatic carbocycles. The Balaban J connectivity index is 2.26. The number of urea groups is 1. The number of rotatable bonds is 4. The highest BCUT2D eigenvalue weighted by molar-refractivity contribution is 6.19. The van der Waals surface area contributed by atoms with Crippen LogP contribution in [0.4, 0.5) is 4.79 Å². The monoisotopic (exact) mass is 246 g/mol. The van der Waals surface area contributed by atoms with Crippen LogP contribution in [-0.2, 0) is 4.79 Å². The van der Waals surface area contributed by atoms with Crippen molar-refractivity contribution in [2.45, 2.75) is 32.1 Å². The Morgan fingerprint density at radius 2 is 2.00 bits per heavy atom. The van der Waals surface area contributed by atoms with E-state index in [2.05, 4.69) is 5.32 Å². The van der Waals surface area contributed by atoms with Crippen molar-refractivity contribution in [2.24, 2.45) is 5.92 Å². The van der Waals surface area contributed by atoms with Crippen molar-refractivity contribution in [1.82, 2.24) is 10.2 Å². The summed E-state index contributed by atoms with van der Waals surface area (Å²) in [6.45, 7) is 0.736. The number of nitrogens with one attached hydrogen (secondary N) is 1. The molecule has 0 heterocycles. The third-order valence-corrected chi connectivity index (χ3v) is 3.11. The van der Waals surface area contributed by atoms with Gasteiger partial charge < -0.3 is 4.90 Å². The topological polar surface area (TPSA) is 49.4 Å². The molecule has 0 radical (unpaired) electrons. The van der Waals surface area contributed by atoms with Crippen LogP contribution >= 0.6 is 11.6 Å². The maximum absolute atomic E-state index is 11.6. The summed E-state index contributed by atoms with van der Waals surface area (Å²) in [5.41, 5.74) is 0. The molecule has 0 aromatic carbocycles. The molecule has 0 aromatic heterocycles. The van der Waals surface area contributed by atoms with Crippen LogP contribution in [0, 0.1) is 5.92 Å². The van der Waals surface area contributed by atoms with E-state index in [0.717, 1.165) is 6.54 Å². The summed E-state index contributed by atoms with van der Waals surface area (Å²) in [5.74, 6) is 0.531. The second-order valence-corrected chi connectivity index (χ2v) is 4.70. The minimum absolute atomic E-state index is 0.185. The predicted octanol–water partition coefficient (Wildman–Crippen LogP) is 1.97. The van der Waals surface area contributed by atoms with Gasteiger partial charge in [0.1, 0.15) is 0 Å². The van der Waals surface area contributed by atoms with Gasteiger partial charge in [0.05, 0.1) is 0 Å². The zero-order valence-electron chi connectivity index (χ0n) is 9.67. The molecule has 0 saturated heterocycles. The van der Waals surface area contributed by atoms with Crippen molar-refractivity contribution in [3.05, 3.63) is 0 Å². The van der Waals surface area contributed by atoms with Crippen molar-refractivity contribution in [1.29, 1.82) is 0 Å².